The zero-order valence-electron chi connectivity index (χ0n) is 9.79. The smallest absolute Gasteiger partial charge is 0.134 e. The predicted octanol–water partition coefficient (Wildman–Crippen LogP) is 3.32. The van der Waals surface area contributed by atoms with E-state index in [1.807, 2.05) is 18.2 Å². The molecule has 1 unspecified atom stereocenters. The van der Waals surface area contributed by atoms with E-state index in [4.69, 9.17) is 4.42 Å². The lowest BCUT2D eigenvalue weighted by Gasteiger charge is -2.03. The number of rotatable bonds is 3. The van der Waals surface area contributed by atoms with Crippen molar-refractivity contribution in [1.29, 1.82) is 0 Å². The van der Waals surface area contributed by atoms with Gasteiger partial charge in [0.2, 0.25) is 0 Å². The second-order valence-corrected chi connectivity index (χ2v) is 5.38. The molecular weight excluding hydrogens is 198 g/mol. The van der Waals surface area contributed by atoms with Gasteiger partial charge < -0.3 is 9.73 Å². The average Bonchev–Trinajstić information content (AvgIpc) is 2.72. The van der Waals surface area contributed by atoms with Gasteiger partial charge in [-0.2, -0.15) is 0 Å². The van der Waals surface area contributed by atoms with Crippen LogP contribution in [0.4, 0.5) is 0 Å². The summed E-state index contributed by atoms with van der Waals surface area (Å²) in [6.07, 6.45) is 1.27. The summed E-state index contributed by atoms with van der Waals surface area (Å²) < 4.78 is 5.75. The second kappa shape index (κ2) is 3.36. The first kappa shape index (κ1) is 9.91. The summed E-state index contributed by atoms with van der Waals surface area (Å²) in [5.74, 6) is 1.03. The predicted molar refractivity (Wildman–Crippen MR) is 65.2 cm³/mol. The summed E-state index contributed by atoms with van der Waals surface area (Å²) in [6, 6.07) is 10.9. The van der Waals surface area contributed by atoms with Crippen LogP contribution in [-0.2, 0) is 6.54 Å². The molecule has 16 heavy (non-hydrogen) atoms. The Morgan fingerprint density at radius 3 is 2.81 bits per heavy atom. The molecule has 1 heterocycles. The molecule has 0 aliphatic heterocycles. The minimum Gasteiger partial charge on any atom is -0.460 e. The molecule has 1 fully saturated rings. The number of nitrogens with one attached hydrogen (secondary N) is 1. The van der Waals surface area contributed by atoms with E-state index in [2.05, 4.69) is 31.3 Å². The van der Waals surface area contributed by atoms with Crippen LogP contribution in [0.15, 0.2) is 34.7 Å². The first-order chi connectivity index (χ1) is 7.65. The van der Waals surface area contributed by atoms with Crippen molar-refractivity contribution in [3.8, 4) is 0 Å². The summed E-state index contributed by atoms with van der Waals surface area (Å²) in [7, 11) is 0. The van der Waals surface area contributed by atoms with Crippen molar-refractivity contribution in [2.75, 3.05) is 0 Å². The van der Waals surface area contributed by atoms with Crippen LogP contribution in [0.2, 0.25) is 0 Å². The summed E-state index contributed by atoms with van der Waals surface area (Å²) in [6.45, 7) is 5.43. The molecule has 2 aromatic rings. The van der Waals surface area contributed by atoms with Gasteiger partial charge in [-0.1, -0.05) is 32.0 Å². The molecular formula is C14H17NO. The van der Waals surface area contributed by atoms with Crippen LogP contribution in [-0.4, -0.2) is 6.04 Å². The van der Waals surface area contributed by atoms with Gasteiger partial charge in [0.25, 0.3) is 0 Å². The van der Waals surface area contributed by atoms with Gasteiger partial charge in [0.05, 0.1) is 6.54 Å². The van der Waals surface area contributed by atoms with E-state index in [-0.39, 0.29) is 0 Å². The minimum atomic E-state index is 0.478. The summed E-state index contributed by atoms with van der Waals surface area (Å²) in [5, 5.41) is 4.72. The van der Waals surface area contributed by atoms with Crippen molar-refractivity contribution in [1.82, 2.24) is 5.32 Å². The molecule has 1 saturated carbocycles. The zero-order valence-corrected chi connectivity index (χ0v) is 9.79. The van der Waals surface area contributed by atoms with E-state index in [0.29, 0.717) is 11.5 Å². The fraction of sp³-hybridized carbons (Fsp3) is 0.429. The Morgan fingerprint density at radius 2 is 2.12 bits per heavy atom. The molecule has 3 rings (SSSR count). The lowest BCUT2D eigenvalue weighted by molar-refractivity contribution is 0.483. The minimum absolute atomic E-state index is 0.478. The fourth-order valence-electron chi connectivity index (χ4n) is 2.16. The molecule has 0 bridgehead atoms. The number of fused-ring (bicyclic) bond motifs is 1. The highest BCUT2D eigenvalue weighted by Gasteiger charge is 2.45. The fourth-order valence-corrected chi connectivity index (χ4v) is 2.16. The quantitative estimate of drug-likeness (QED) is 0.849. The topological polar surface area (TPSA) is 25.2 Å². The van der Waals surface area contributed by atoms with Crippen molar-refractivity contribution < 1.29 is 4.42 Å². The van der Waals surface area contributed by atoms with Crippen LogP contribution in [0.5, 0.6) is 0 Å². The maximum absolute atomic E-state index is 5.75. The van der Waals surface area contributed by atoms with Crippen molar-refractivity contribution in [3.05, 3.63) is 36.1 Å². The first-order valence-electron chi connectivity index (χ1n) is 5.86. The molecule has 1 N–H and O–H groups in total. The molecule has 1 aliphatic rings. The van der Waals surface area contributed by atoms with Gasteiger partial charge >= 0.3 is 0 Å². The van der Waals surface area contributed by atoms with E-state index in [1.165, 1.54) is 11.8 Å². The third-order valence-electron chi connectivity index (χ3n) is 3.51. The molecule has 0 amide bonds. The maximum atomic E-state index is 5.75. The van der Waals surface area contributed by atoms with Crippen LogP contribution >= 0.6 is 0 Å². The van der Waals surface area contributed by atoms with E-state index in [9.17, 15) is 0 Å². The van der Waals surface area contributed by atoms with Gasteiger partial charge in [0.15, 0.2) is 0 Å². The number of hydrogen-bond donors (Lipinski definition) is 1. The van der Waals surface area contributed by atoms with Gasteiger partial charge in [-0.15, -0.1) is 0 Å². The van der Waals surface area contributed by atoms with Crippen LogP contribution in [0.3, 0.4) is 0 Å². The summed E-state index contributed by atoms with van der Waals surface area (Å²) >= 11 is 0. The number of furan rings is 1. The van der Waals surface area contributed by atoms with E-state index < -0.39 is 0 Å². The molecule has 1 aromatic heterocycles. The Balaban J connectivity index is 1.70. The molecule has 0 saturated heterocycles. The third kappa shape index (κ3) is 1.74. The monoisotopic (exact) mass is 215 g/mol. The van der Waals surface area contributed by atoms with Crippen molar-refractivity contribution in [3.63, 3.8) is 0 Å². The normalized spacial score (nSPS) is 22.5. The molecule has 1 aromatic carbocycles. The Morgan fingerprint density at radius 1 is 1.38 bits per heavy atom. The van der Waals surface area contributed by atoms with Crippen LogP contribution < -0.4 is 5.32 Å². The van der Waals surface area contributed by atoms with Crippen LogP contribution in [0.25, 0.3) is 11.0 Å². The van der Waals surface area contributed by atoms with Gasteiger partial charge in [-0.05, 0) is 24.0 Å². The van der Waals surface area contributed by atoms with Gasteiger partial charge in [0, 0.05) is 11.4 Å². The third-order valence-corrected chi connectivity index (χ3v) is 3.51. The first-order valence-corrected chi connectivity index (χ1v) is 5.86. The Labute approximate surface area is 95.6 Å². The van der Waals surface area contributed by atoms with Crippen molar-refractivity contribution in [2.45, 2.75) is 32.9 Å². The molecule has 2 nitrogen and oxygen atoms in total. The standard InChI is InChI=1S/C14H17NO/c1-14(2)8-13(14)15-9-11-7-10-5-3-4-6-12(10)16-11/h3-7,13,15H,8-9H2,1-2H3. The number of benzene rings is 1. The van der Waals surface area contributed by atoms with Crippen molar-refractivity contribution in [2.24, 2.45) is 5.41 Å². The highest BCUT2D eigenvalue weighted by molar-refractivity contribution is 5.77. The second-order valence-electron chi connectivity index (χ2n) is 5.38. The molecule has 2 heteroatoms. The molecule has 0 radical (unpaired) electrons. The molecule has 1 atom stereocenters. The highest BCUT2D eigenvalue weighted by atomic mass is 16.3. The highest BCUT2D eigenvalue weighted by Crippen LogP contribution is 2.44. The van der Waals surface area contributed by atoms with E-state index in [1.54, 1.807) is 0 Å². The lowest BCUT2D eigenvalue weighted by atomic mass is 10.2. The van der Waals surface area contributed by atoms with Gasteiger partial charge in [0.1, 0.15) is 11.3 Å². The Hall–Kier alpha value is -1.28. The molecule has 0 spiro atoms. The van der Waals surface area contributed by atoms with Crippen molar-refractivity contribution >= 4 is 11.0 Å². The van der Waals surface area contributed by atoms with E-state index >= 15 is 0 Å². The van der Waals surface area contributed by atoms with Crippen LogP contribution in [0, 0.1) is 5.41 Å². The SMILES string of the molecule is CC1(C)CC1NCc1cc2ccccc2o1. The Kier molecular flexibility index (Phi) is 2.08. The number of para-hydroxylation sites is 1. The molecule has 84 valence electrons. The van der Waals surface area contributed by atoms with Crippen LogP contribution in [0.1, 0.15) is 26.0 Å². The number of hydrogen-bond acceptors (Lipinski definition) is 2. The zero-order chi connectivity index (χ0) is 11.2. The molecule has 1 aliphatic carbocycles. The van der Waals surface area contributed by atoms with Gasteiger partial charge in [-0.3, -0.25) is 0 Å². The Bertz CT molecular complexity index is 479. The summed E-state index contributed by atoms with van der Waals surface area (Å²) in [4.78, 5) is 0. The maximum Gasteiger partial charge on any atom is 0.134 e. The van der Waals surface area contributed by atoms with Gasteiger partial charge in [-0.25, -0.2) is 0 Å². The average molecular weight is 215 g/mol. The lowest BCUT2D eigenvalue weighted by Crippen LogP contribution is -2.19. The summed E-state index contributed by atoms with van der Waals surface area (Å²) in [5.41, 5.74) is 1.46. The van der Waals surface area contributed by atoms with E-state index in [0.717, 1.165) is 17.9 Å². The largest absolute Gasteiger partial charge is 0.460 e.